The van der Waals surface area contributed by atoms with Crippen molar-refractivity contribution >= 4 is 27.3 Å². The molecule has 3 nitrogen and oxygen atoms in total. The summed E-state index contributed by atoms with van der Waals surface area (Å²) >= 11 is 1.33. The first kappa shape index (κ1) is 23.9. The molecule has 0 unspecified atom stereocenters. The molecule has 0 atom stereocenters. The molecular weight excluding hydrogens is 466 g/mol. The second kappa shape index (κ2) is 9.95. The SMILES string of the molecule is COCCNC(=O)c1cccc(-c2ccc(F)c3cc(Cc4cccc(C(F)(F)F)c4)sc23)c1. The Kier molecular flexibility index (Phi) is 7.00. The summed E-state index contributed by atoms with van der Waals surface area (Å²) in [7, 11) is 1.55. The third-order valence-corrected chi connectivity index (χ3v) is 6.51. The van der Waals surface area contributed by atoms with Crippen LogP contribution < -0.4 is 5.32 Å². The molecule has 176 valence electrons. The van der Waals surface area contributed by atoms with E-state index >= 15 is 0 Å². The first-order chi connectivity index (χ1) is 16.3. The molecule has 0 spiro atoms. The van der Waals surface area contributed by atoms with Crippen molar-refractivity contribution in [2.75, 3.05) is 20.3 Å². The van der Waals surface area contributed by atoms with Gasteiger partial charge in [-0.1, -0.05) is 36.4 Å². The number of rotatable bonds is 7. The number of nitrogens with one attached hydrogen (secondary N) is 1. The molecule has 8 heteroatoms. The highest BCUT2D eigenvalue weighted by Crippen LogP contribution is 2.38. The zero-order valence-corrected chi connectivity index (χ0v) is 19.0. The second-order valence-corrected chi connectivity index (χ2v) is 8.89. The zero-order valence-electron chi connectivity index (χ0n) is 18.2. The number of alkyl halides is 3. The molecule has 0 aliphatic rings. The lowest BCUT2D eigenvalue weighted by molar-refractivity contribution is -0.137. The summed E-state index contributed by atoms with van der Waals surface area (Å²) in [5, 5.41) is 3.17. The van der Waals surface area contributed by atoms with Crippen LogP contribution in [-0.4, -0.2) is 26.2 Å². The number of thiophene rings is 1. The predicted molar refractivity (Wildman–Crippen MR) is 126 cm³/mol. The van der Waals surface area contributed by atoms with Gasteiger partial charge in [-0.3, -0.25) is 4.79 Å². The maximum absolute atomic E-state index is 14.6. The van der Waals surface area contributed by atoms with E-state index in [4.69, 9.17) is 4.74 Å². The summed E-state index contributed by atoms with van der Waals surface area (Å²) in [5.74, 6) is -0.646. The molecule has 34 heavy (non-hydrogen) atoms. The molecule has 4 aromatic rings. The minimum Gasteiger partial charge on any atom is -0.383 e. The fraction of sp³-hybridized carbons (Fsp3) is 0.192. The maximum atomic E-state index is 14.6. The zero-order chi connectivity index (χ0) is 24.3. The number of amides is 1. The van der Waals surface area contributed by atoms with Crippen molar-refractivity contribution in [3.8, 4) is 11.1 Å². The molecule has 3 aromatic carbocycles. The molecule has 1 aromatic heterocycles. The Morgan fingerprint density at radius 2 is 1.82 bits per heavy atom. The standard InChI is InChI=1S/C26H21F4NO2S/c1-33-11-10-31-25(32)18-6-3-5-17(14-18)21-8-9-23(27)22-15-20(34-24(21)22)13-16-4-2-7-19(12-16)26(28,29)30/h2-9,12,14-15H,10-11,13H2,1H3,(H,31,32). The Morgan fingerprint density at radius 1 is 1.03 bits per heavy atom. The van der Waals surface area contributed by atoms with Gasteiger partial charge in [0.1, 0.15) is 5.82 Å². The quantitative estimate of drug-likeness (QED) is 0.233. The molecule has 0 aliphatic heterocycles. The van der Waals surface area contributed by atoms with Gasteiger partial charge in [0.2, 0.25) is 0 Å². The van der Waals surface area contributed by atoms with E-state index in [-0.39, 0.29) is 12.3 Å². The summed E-state index contributed by atoms with van der Waals surface area (Å²) < 4.78 is 59.4. The van der Waals surface area contributed by atoms with Crippen LogP contribution in [0, 0.1) is 5.82 Å². The first-order valence-corrected chi connectivity index (χ1v) is 11.3. The molecule has 0 aliphatic carbocycles. The number of ether oxygens (including phenoxy) is 1. The monoisotopic (exact) mass is 487 g/mol. The number of carbonyl (C=O) groups excluding carboxylic acids is 1. The topological polar surface area (TPSA) is 38.3 Å². The lowest BCUT2D eigenvalue weighted by Crippen LogP contribution is -2.26. The molecule has 0 radical (unpaired) electrons. The number of hydrogen-bond donors (Lipinski definition) is 1. The molecular formula is C26H21F4NO2S. The molecule has 0 saturated heterocycles. The minimum atomic E-state index is -4.42. The van der Waals surface area contributed by atoms with Crippen LogP contribution in [0.5, 0.6) is 0 Å². The van der Waals surface area contributed by atoms with Gasteiger partial charge in [0.15, 0.2) is 0 Å². The molecule has 0 saturated carbocycles. The van der Waals surface area contributed by atoms with Crippen LogP contribution in [0.3, 0.4) is 0 Å². The van der Waals surface area contributed by atoms with E-state index in [2.05, 4.69) is 5.32 Å². The summed E-state index contributed by atoms with van der Waals surface area (Å²) in [6.07, 6.45) is -4.17. The van der Waals surface area contributed by atoms with E-state index < -0.39 is 17.6 Å². The molecule has 0 bridgehead atoms. The number of benzene rings is 3. The van der Waals surface area contributed by atoms with Crippen molar-refractivity contribution in [1.82, 2.24) is 5.32 Å². The van der Waals surface area contributed by atoms with Gasteiger partial charge in [-0.05, 0) is 47.0 Å². The lowest BCUT2D eigenvalue weighted by Gasteiger charge is -2.08. The van der Waals surface area contributed by atoms with Gasteiger partial charge in [0.25, 0.3) is 5.91 Å². The van der Waals surface area contributed by atoms with Crippen LogP contribution in [0.15, 0.2) is 66.7 Å². The van der Waals surface area contributed by atoms with Gasteiger partial charge < -0.3 is 10.1 Å². The minimum absolute atomic E-state index is 0.242. The Balaban J connectivity index is 1.67. The second-order valence-electron chi connectivity index (χ2n) is 7.75. The molecule has 1 amide bonds. The summed E-state index contributed by atoms with van der Waals surface area (Å²) in [5.41, 5.74) is 1.75. The summed E-state index contributed by atoms with van der Waals surface area (Å²) in [4.78, 5) is 13.2. The predicted octanol–water partition coefficient (Wildman–Crippen LogP) is 6.69. The number of fused-ring (bicyclic) bond motifs is 1. The highest BCUT2D eigenvalue weighted by atomic mass is 32.1. The number of methoxy groups -OCH3 is 1. The average Bonchev–Trinajstić information content (AvgIpc) is 3.23. The van der Waals surface area contributed by atoms with E-state index in [9.17, 15) is 22.4 Å². The van der Waals surface area contributed by atoms with E-state index in [1.54, 1.807) is 43.5 Å². The lowest BCUT2D eigenvalue weighted by atomic mass is 10.0. The Bertz CT molecular complexity index is 1330. The fourth-order valence-electron chi connectivity index (χ4n) is 3.71. The van der Waals surface area contributed by atoms with Gasteiger partial charge in [-0.2, -0.15) is 13.2 Å². The van der Waals surface area contributed by atoms with Crippen LogP contribution >= 0.6 is 11.3 Å². The molecule has 1 N–H and O–H groups in total. The Morgan fingerprint density at radius 3 is 2.59 bits per heavy atom. The Labute approximate surface area is 198 Å². The smallest absolute Gasteiger partial charge is 0.383 e. The van der Waals surface area contributed by atoms with Crippen molar-refractivity contribution in [2.24, 2.45) is 0 Å². The number of hydrogen-bond acceptors (Lipinski definition) is 3. The molecule has 4 rings (SSSR count). The van der Waals surface area contributed by atoms with Gasteiger partial charge >= 0.3 is 6.18 Å². The third kappa shape index (κ3) is 5.29. The van der Waals surface area contributed by atoms with E-state index in [1.807, 2.05) is 6.07 Å². The summed E-state index contributed by atoms with van der Waals surface area (Å²) in [6.45, 7) is 0.776. The van der Waals surface area contributed by atoms with Crippen LogP contribution in [-0.2, 0) is 17.3 Å². The van der Waals surface area contributed by atoms with Gasteiger partial charge in [-0.25, -0.2) is 4.39 Å². The molecule has 0 fully saturated rings. The van der Waals surface area contributed by atoms with Crippen molar-refractivity contribution in [2.45, 2.75) is 12.6 Å². The van der Waals surface area contributed by atoms with Crippen LogP contribution in [0.1, 0.15) is 26.4 Å². The largest absolute Gasteiger partial charge is 0.416 e. The highest BCUT2D eigenvalue weighted by Gasteiger charge is 2.30. The van der Waals surface area contributed by atoms with Crippen molar-refractivity contribution in [3.05, 3.63) is 94.1 Å². The van der Waals surface area contributed by atoms with Gasteiger partial charge in [0, 0.05) is 40.6 Å². The number of carbonyl (C=O) groups is 1. The Hall–Kier alpha value is -3.23. The van der Waals surface area contributed by atoms with Crippen LogP contribution in [0.4, 0.5) is 17.6 Å². The van der Waals surface area contributed by atoms with E-state index in [0.29, 0.717) is 34.4 Å². The van der Waals surface area contributed by atoms with E-state index in [1.165, 1.54) is 23.5 Å². The first-order valence-electron chi connectivity index (χ1n) is 10.5. The summed E-state index contributed by atoms with van der Waals surface area (Å²) in [6, 6.07) is 16.9. The maximum Gasteiger partial charge on any atom is 0.416 e. The molecule has 1 heterocycles. The fourth-order valence-corrected chi connectivity index (χ4v) is 4.95. The van der Waals surface area contributed by atoms with E-state index in [0.717, 1.165) is 28.1 Å². The number of halogens is 4. The van der Waals surface area contributed by atoms with Crippen molar-refractivity contribution < 1.29 is 27.1 Å². The third-order valence-electron chi connectivity index (χ3n) is 5.34. The van der Waals surface area contributed by atoms with Gasteiger partial charge in [-0.15, -0.1) is 11.3 Å². The van der Waals surface area contributed by atoms with Gasteiger partial charge in [0.05, 0.1) is 12.2 Å². The van der Waals surface area contributed by atoms with Crippen LogP contribution in [0.25, 0.3) is 21.2 Å². The normalized spacial score (nSPS) is 11.7. The van der Waals surface area contributed by atoms with Crippen molar-refractivity contribution in [1.29, 1.82) is 0 Å². The average molecular weight is 488 g/mol. The highest BCUT2D eigenvalue weighted by molar-refractivity contribution is 7.19. The van der Waals surface area contributed by atoms with Crippen LogP contribution in [0.2, 0.25) is 0 Å². The van der Waals surface area contributed by atoms with Crippen molar-refractivity contribution in [3.63, 3.8) is 0 Å².